The van der Waals surface area contributed by atoms with Gasteiger partial charge in [0.1, 0.15) is 0 Å². The number of nitro groups is 1. The molecular formula is C5H10N2O3. The molecule has 0 aliphatic heterocycles. The summed E-state index contributed by atoms with van der Waals surface area (Å²) in [7, 11) is 0. The summed E-state index contributed by atoms with van der Waals surface area (Å²) in [4.78, 5) is 9.78. The molecule has 0 unspecified atom stereocenters. The summed E-state index contributed by atoms with van der Waals surface area (Å²) in [6.45, 7) is 2.93. The van der Waals surface area contributed by atoms with E-state index in [0.29, 0.717) is 0 Å². The topological polar surface area (TPSA) is 75.7 Å². The largest absolute Gasteiger partial charge is 0.411 e. The van der Waals surface area contributed by atoms with Crippen LogP contribution in [0.1, 0.15) is 20.3 Å². The fraction of sp³-hybridized carbons (Fsp3) is 0.800. The average molecular weight is 146 g/mol. The second-order valence-electron chi connectivity index (χ2n) is 2.57. The Kier molecular flexibility index (Phi) is 2.79. The van der Waals surface area contributed by atoms with E-state index in [4.69, 9.17) is 5.21 Å². The smallest absolute Gasteiger partial charge is 0.221 e. The van der Waals surface area contributed by atoms with Crippen LogP contribution < -0.4 is 0 Å². The van der Waals surface area contributed by atoms with E-state index in [1.165, 1.54) is 13.8 Å². The van der Waals surface area contributed by atoms with Crippen LogP contribution in [0.15, 0.2) is 5.16 Å². The molecule has 58 valence electrons. The van der Waals surface area contributed by atoms with Crippen LogP contribution in [0, 0.1) is 10.1 Å². The summed E-state index contributed by atoms with van der Waals surface area (Å²) in [5.41, 5.74) is -1.04. The first-order valence-corrected chi connectivity index (χ1v) is 2.81. The van der Waals surface area contributed by atoms with Gasteiger partial charge in [-0.2, -0.15) is 0 Å². The van der Waals surface area contributed by atoms with Gasteiger partial charge in [-0.25, -0.2) is 0 Å². The maximum atomic E-state index is 10.2. The molecule has 1 N–H and O–H groups in total. The lowest BCUT2D eigenvalue weighted by atomic mass is 10.0. The van der Waals surface area contributed by atoms with Crippen LogP contribution in [0.2, 0.25) is 0 Å². The lowest BCUT2D eigenvalue weighted by molar-refractivity contribution is -0.558. The number of nitrogens with zero attached hydrogens (tertiary/aromatic N) is 2. The molecule has 0 aromatic carbocycles. The van der Waals surface area contributed by atoms with E-state index in [1.807, 2.05) is 0 Å². The molecule has 0 amide bonds. The zero-order chi connectivity index (χ0) is 8.20. The molecule has 0 saturated carbocycles. The summed E-state index contributed by atoms with van der Waals surface area (Å²) < 4.78 is 0. The van der Waals surface area contributed by atoms with Gasteiger partial charge in [0.05, 0.1) is 12.6 Å². The molecule has 0 bridgehead atoms. The standard InChI is InChI=1S/C5H10N2O3/c1-5(2,7(9)10)3-4-6-8/h4,8H,3H2,1-2H3/b6-4+. The van der Waals surface area contributed by atoms with Gasteiger partial charge in [-0.3, -0.25) is 10.1 Å². The predicted octanol–water partition coefficient (Wildman–Crippen LogP) is 0.892. The quantitative estimate of drug-likeness (QED) is 0.278. The average Bonchev–Trinajstić information content (AvgIpc) is 1.84. The van der Waals surface area contributed by atoms with Crippen molar-refractivity contribution in [3.8, 4) is 0 Å². The number of rotatable bonds is 3. The van der Waals surface area contributed by atoms with Gasteiger partial charge in [0, 0.05) is 18.8 Å². The molecule has 0 saturated heterocycles. The van der Waals surface area contributed by atoms with Gasteiger partial charge in [-0.05, 0) is 0 Å². The summed E-state index contributed by atoms with van der Waals surface area (Å²) in [6.07, 6.45) is 1.25. The van der Waals surface area contributed by atoms with Gasteiger partial charge in [-0.1, -0.05) is 0 Å². The number of hydrogen-bond acceptors (Lipinski definition) is 4. The molecule has 10 heavy (non-hydrogen) atoms. The lowest BCUT2D eigenvalue weighted by Crippen LogP contribution is -2.30. The SMILES string of the molecule is CC(C)(C/C=N/O)[N+](=O)[O-]. The fourth-order valence-electron chi connectivity index (χ4n) is 0.339. The van der Waals surface area contributed by atoms with Gasteiger partial charge in [0.25, 0.3) is 0 Å². The van der Waals surface area contributed by atoms with Crippen molar-refractivity contribution in [1.29, 1.82) is 0 Å². The molecule has 0 atom stereocenters. The molecule has 0 radical (unpaired) electrons. The highest BCUT2D eigenvalue weighted by Crippen LogP contribution is 2.10. The first kappa shape index (κ1) is 8.87. The minimum absolute atomic E-state index is 0.135. The maximum absolute atomic E-state index is 10.2. The van der Waals surface area contributed by atoms with E-state index in [2.05, 4.69) is 5.16 Å². The third-order valence-corrected chi connectivity index (χ3v) is 1.17. The molecule has 0 aliphatic rings. The Hall–Kier alpha value is -1.13. The van der Waals surface area contributed by atoms with Crippen molar-refractivity contribution in [3.05, 3.63) is 10.1 Å². The molecule has 5 nitrogen and oxygen atoms in total. The lowest BCUT2D eigenvalue weighted by Gasteiger charge is -2.11. The third-order valence-electron chi connectivity index (χ3n) is 1.17. The van der Waals surface area contributed by atoms with Crippen molar-refractivity contribution in [2.24, 2.45) is 5.16 Å². The van der Waals surface area contributed by atoms with Crippen molar-refractivity contribution in [2.75, 3.05) is 0 Å². The molecule has 0 aliphatic carbocycles. The van der Waals surface area contributed by atoms with Gasteiger partial charge in [0.15, 0.2) is 0 Å². The van der Waals surface area contributed by atoms with Crippen molar-refractivity contribution in [3.63, 3.8) is 0 Å². The van der Waals surface area contributed by atoms with Crippen LogP contribution in [0.4, 0.5) is 0 Å². The van der Waals surface area contributed by atoms with Gasteiger partial charge < -0.3 is 5.21 Å². The normalized spacial score (nSPS) is 12.2. The Morgan fingerprint density at radius 2 is 2.30 bits per heavy atom. The van der Waals surface area contributed by atoms with Crippen LogP contribution >= 0.6 is 0 Å². The minimum atomic E-state index is -1.04. The Balaban J connectivity index is 3.99. The van der Waals surface area contributed by atoms with Crippen molar-refractivity contribution >= 4 is 6.21 Å². The molecule has 0 aromatic heterocycles. The molecule has 0 rings (SSSR count). The fourth-order valence-corrected chi connectivity index (χ4v) is 0.339. The zero-order valence-electron chi connectivity index (χ0n) is 5.94. The summed E-state index contributed by atoms with van der Waals surface area (Å²) in [5, 5.41) is 20.8. The number of oxime groups is 1. The maximum Gasteiger partial charge on any atom is 0.221 e. The molecule has 0 heterocycles. The van der Waals surface area contributed by atoms with Crippen LogP contribution in [-0.4, -0.2) is 21.9 Å². The molecule has 0 aromatic rings. The zero-order valence-corrected chi connectivity index (χ0v) is 5.94. The van der Waals surface area contributed by atoms with Crippen LogP contribution in [-0.2, 0) is 0 Å². The van der Waals surface area contributed by atoms with E-state index in [-0.39, 0.29) is 6.42 Å². The first-order chi connectivity index (χ1) is 4.50. The highest BCUT2D eigenvalue weighted by atomic mass is 16.6. The third kappa shape index (κ3) is 2.43. The predicted molar refractivity (Wildman–Crippen MR) is 36.0 cm³/mol. The Morgan fingerprint density at radius 1 is 1.80 bits per heavy atom. The summed E-state index contributed by atoms with van der Waals surface area (Å²) in [6, 6.07) is 0. The second kappa shape index (κ2) is 3.14. The minimum Gasteiger partial charge on any atom is -0.411 e. The first-order valence-electron chi connectivity index (χ1n) is 2.81. The van der Waals surface area contributed by atoms with Gasteiger partial charge in [-0.15, -0.1) is 5.16 Å². The van der Waals surface area contributed by atoms with Crippen LogP contribution in [0.25, 0.3) is 0 Å². The highest BCUT2D eigenvalue weighted by molar-refractivity contribution is 5.57. The van der Waals surface area contributed by atoms with Crippen LogP contribution in [0.5, 0.6) is 0 Å². The van der Waals surface area contributed by atoms with Gasteiger partial charge >= 0.3 is 0 Å². The summed E-state index contributed by atoms with van der Waals surface area (Å²) >= 11 is 0. The number of hydrogen-bond donors (Lipinski definition) is 1. The van der Waals surface area contributed by atoms with Crippen LogP contribution in [0.3, 0.4) is 0 Å². The molecule has 5 heteroatoms. The van der Waals surface area contributed by atoms with Gasteiger partial charge in [0.2, 0.25) is 5.54 Å². The Bertz CT molecular complexity index is 153. The van der Waals surface area contributed by atoms with E-state index >= 15 is 0 Å². The van der Waals surface area contributed by atoms with E-state index < -0.39 is 10.5 Å². The van der Waals surface area contributed by atoms with E-state index in [9.17, 15) is 10.1 Å². The second-order valence-corrected chi connectivity index (χ2v) is 2.57. The summed E-state index contributed by atoms with van der Waals surface area (Å²) in [5.74, 6) is 0. The molecule has 0 spiro atoms. The Labute approximate surface area is 58.5 Å². The van der Waals surface area contributed by atoms with Crippen molar-refractivity contribution in [2.45, 2.75) is 25.8 Å². The van der Waals surface area contributed by atoms with Crippen molar-refractivity contribution < 1.29 is 10.1 Å². The molecule has 0 fully saturated rings. The van der Waals surface area contributed by atoms with E-state index in [0.717, 1.165) is 6.21 Å². The highest BCUT2D eigenvalue weighted by Gasteiger charge is 2.28. The van der Waals surface area contributed by atoms with Crippen molar-refractivity contribution in [1.82, 2.24) is 0 Å². The monoisotopic (exact) mass is 146 g/mol. The molecular weight excluding hydrogens is 136 g/mol. The van der Waals surface area contributed by atoms with E-state index in [1.54, 1.807) is 0 Å². The Morgan fingerprint density at radius 3 is 2.60 bits per heavy atom.